The van der Waals surface area contributed by atoms with Crippen LogP contribution in [-0.2, 0) is 11.2 Å². The summed E-state index contributed by atoms with van der Waals surface area (Å²) in [6.45, 7) is 1.74. The molecule has 1 heterocycles. The van der Waals surface area contributed by atoms with Gasteiger partial charge in [-0.3, -0.25) is 10.0 Å². The summed E-state index contributed by atoms with van der Waals surface area (Å²) in [5, 5.41) is 10.1. The van der Waals surface area contributed by atoms with Crippen molar-refractivity contribution in [3.05, 3.63) is 66.6 Å². The van der Waals surface area contributed by atoms with E-state index >= 15 is 0 Å². The van der Waals surface area contributed by atoms with Crippen LogP contribution in [-0.4, -0.2) is 27.7 Å². The number of amides is 1. The minimum atomic E-state index is -0.318. The van der Waals surface area contributed by atoms with E-state index in [0.29, 0.717) is 6.54 Å². The van der Waals surface area contributed by atoms with Crippen molar-refractivity contribution >= 4 is 5.91 Å². The molecule has 0 saturated carbocycles. The molecule has 28 heavy (non-hydrogen) atoms. The fourth-order valence-corrected chi connectivity index (χ4v) is 3.10. The van der Waals surface area contributed by atoms with E-state index in [1.165, 1.54) is 6.92 Å². The molecule has 0 bridgehead atoms. The SMILES string of the molecule is CC(=O)N(O)CCCCCCc1nc(-c2ccccc2)c(-c2ccccc2)o1. The van der Waals surface area contributed by atoms with Gasteiger partial charge < -0.3 is 4.42 Å². The second-order valence-corrected chi connectivity index (χ2v) is 6.82. The maximum Gasteiger partial charge on any atom is 0.242 e. The summed E-state index contributed by atoms with van der Waals surface area (Å²) in [6.07, 6.45) is 4.44. The number of benzene rings is 2. The highest BCUT2D eigenvalue weighted by Gasteiger charge is 2.16. The number of hydrogen-bond acceptors (Lipinski definition) is 4. The maximum atomic E-state index is 11.0. The van der Waals surface area contributed by atoms with Gasteiger partial charge in [0.15, 0.2) is 11.7 Å². The lowest BCUT2D eigenvalue weighted by Crippen LogP contribution is -2.25. The Hall–Kier alpha value is -2.92. The summed E-state index contributed by atoms with van der Waals surface area (Å²) in [5.74, 6) is 1.23. The number of carbonyl (C=O) groups excluding carboxylic acids is 1. The molecule has 0 unspecified atom stereocenters. The van der Waals surface area contributed by atoms with Crippen molar-refractivity contribution in [2.45, 2.75) is 39.0 Å². The molecule has 0 saturated heterocycles. The zero-order chi connectivity index (χ0) is 19.8. The zero-order valence-electron chi connectivity index (χ0n) is 16.2. The quantitative estimate of drug-likeness (QED) is 0.310. The third kappa shape index (κ3) is 5.30. The van der Waals surface area contributed by atoms with Crippen LogP contribution in [0.4, 0.5) is 0 Å². The van der Waals surface area contributed by atoms with Gasteiger partial charge in [0.25, 0.3) is 0 Å². The summed E-state index contributed by atoms with van der Waals surface area (Å²) >= 11 is 0. The van der Waals surface area contributed by atoms with E-state index in [1.807, 2.05) is 60.7 Å². The fourth-order valence-electron chi connectivity index (χ4n) is 3.10. The van der Waals surface area contributed by atoms with Gasteiger partial charge in [-0.05, 0) is 12.8 Å². The maximum absolute atomic E-state index is 11.0. The van der Waals surface area contributed by atoms with E-state index in [9.17, 15) is 10.0 Å². The Morgan fingerprint density at radius 1 is 0.929 bits per heavy atom. The van der Waals surface area contributed by atoms with Gasteiger partial charge in [0.1, 0.15) is 5.69 Å². The summed E-state index contributed by atoms with van der Waals surface area (Å²) in [6, 6.07) is 20.1. The Kier molecular flexibility index (Phi) is 6.98. The van der Waals surface area contributed by atoms with Crippen molar-refractivity contribution in [2.75, 3.05) is 6.54 Å². The highest BCUT2D eigenvalue weighted by Crippen LogP contribution is 2.32. The number of unbranched alkanes of at least 4 members (excludes halogenated alkanes) is 3. The topological polar surface area (TPSA) is 66.6 Å². The van der Waals surface area contributed by atoms with E-state index in [-0.39, 0.29) is 5.91 Å². The standard InChI is InChI=1S/C23H26N2O3/c1-18(26)25(27)17-11-3-2-10-16-21-24-22(19-12-6-4-7-13-19)23(28-21)20-14-8-5-9-15-20/h4-9,12-15,27H,2-3,10-11,16-17H2,1H3. The van der Waals surface area contributed by atoms with Gasteiger partial charge in [0.2, 0.25) is 5.91 Å². The number of aromatic nitrogens is 1. The third-order valence-corrected chi connectivity index (χ3v) is 4.63. The molecule has 0 aliphatic heterocycles. The summed E-state index contributed by atoms with van der Waals surface area (Å²) in [4.78, 5) is 15.7. The summed E-state index contributed by atoms with van der Waals surface area (Å²) < 4.78 is 6.13. The van der Waals surface area contributed by atoms with Crippen LogP contribution in [0.15, 0.2) is 65.1 Å². The monoisotopic (exact) mass is 378 g/mol. The zero-order valence-corrected chi connectivity index (χ0v) is 16.2. The van der Waals surface area contributed by atoms with Crippen molar-refractivity contribution in [3.8, 4) is 22.6 Å². The predicted molar refractivity (Wildman–Crippen MR) is 109 cm³/mol. The molecule has 3 rings (SSSR count). The predicted octanol–water partition coefficient (Wildman–Crippen LogP) is 5.35. The van der Waals surface area contributed by atoms with Gasteiger partial charge in [-0.15, -0.1) is 0 Å². The normalized spacial score (nSPS) is 10.8. The average molecular weight is 378 g/mol. The number of nitrogens with zero attached hydrogens (tertiary/aromatic N) is 2. The lowest BCUT2D eigenvalue weighted by Gasteiger charge is -2.11. The highest BCUT2D eigenvalue weighted by molar-refractivity contribution is 5.76. The Labute approximate surface area is 165 Å². The Morgan fingerprint density at radius 2 is 1.54 bits per heavy atom. The van der Waals surface area contributed by atoms with E-state index in [4.69, 9.17) is 9.40 Å². The Morgan fingerprint density at radius 3 is 2.18 bits per heavy atom. The number of oxazole rings is 1. The second kappa shape index (κ2) is 9.85. The van der Waals surface area contributed by atoms with E-state index in [0.717, 1.165) is 65.6 Å². The molecule has 5 heteroatoms. The minimum Gasteiger partial charge on any atom is -0.440 e. The third-order valence-electron chi connectivity index (χ3n) is 4.63. The second-order valence-electron chi connectivity index (χ2n) is 6.82. The van der Waals surface area contributed by atoms with Crippen LogP contribution in [0, 0.1) is 0 Å². The highest BCUT2D eigenvalue weighted by atomic mass is 16.5. The van der Waals surface area contributed by atoms with Crippen molar-refractivity contribution in [1.29, 1.82) is 0 Å². The van der Waals surface area contributed by atoms with Crippen molar-refractivity contribution < 1.29 is 14.4 Å². The van der Waals surface area contributed by atoms with Crippen LogP contribution in [0.25, 0.3) is 22.6 Å². The van der Waals surface area contributed by atoms with Crippen LogP contribution in [0.3, 0.4) is 0 Å². The van der Waals surface area contributed by atoms with Crippen LogP contribution in [0.1, 0.15) is 38.5 Å². The first kappa shape index (κ1) is 19.8. The first-order chi connectivity index (χ1) is 13.6. The number of aryl methyl sites for hydroxylation is 1. The molecule has 1 N–H and O–H groups in total. The molecule has 0 spiro atoms. The number of hydrogen-bond donors (Lipinski definition) is 1. The van der Waals surface area contributed by atoms with Gasteiger partial charge in [-0.25, -0.2) is 10.0 Å². The first-order valence-corrected chi connectivity index (χ1v) is 9.72. The van der Waals surface area contributed by atoms with Crippen LogP contribution in [0.2, 0.25) is 0 Å². The van der Waals surface area contributed by atoms with E-state index in [2.05, 4.69) is 0 Å². The average Bonchev–Trinajstić information content (AvgIpc) is 3.16. The van der Waals surface area contributed by atoms with Gasteiger partial charge in [-0.2, -0.15) is 0 Å². The molecule has 0 fully saturated rings. The number of carbonyl (C=O) groups is 1. The Bertz CT molecular complexity index is 818. The van der Waals surface area contributed by atoms with Crippen molar-refractivity contribution in [3.63, 3.8) is 0 Å². The van der Waals surface area contributed by atoms with Gasteiger partial charge in [0, 0.05) is 31.0 Å². The molecular weight excluding hydrogens is 352 g/mol. The summed E-state index contributed by atoms with van der Waals surface area (Å²) in [5.41, 5.74) is 2.94. The van der Waals surface area contributed by atoms with Gasteiger partial charge in [-0.1, -0.05) is 73.5 Å². The molecule has 0 aliphatic rings. The molecule has 0 aliphatic carbocycles. The molecule has 2 aromatic carbocycles. The van der Waals surface area contributed by atoms with Gasteiger partial charge in [0.05, 0.1) is 0 Å². The number of hydroxylamine groups is 2. The molecule has 1 amide bonds. The van der Waals surface area contributed by atoms with E-state index in [1.54, 1.807) is 0 Å². The van der Waals surface area contributed by atoms with Crippen LogP contribution < -0.4 is 0 Å². The molecule has 3 aromatic rings. The smallest absolute Gasteiger partial charge is 0.242 e. The largest absolute Gasteiger partial charge is 0.440 e. The number of rotatable bonds is 9. The molecular formula is C23H26N2O3. The molecule has 5 nitrogen and oxygen atoms in total. The van der Waals surface area contributed by atoms with Crippen molar-refractivity contribution in [1.82, 2.24) is 10.0 Å². The van der Waals surface area contributed by atoms with E-state index < -0.39 is 0 Å². The lowest BCUT2D eigenvalue weighted by atomic mass is 10.1. The minimum absolute atomic E-state index is 0.318. The fraction of sp³-hybridized carbons (Fsp3) is 0.304. The molecule has 0 atom stereocenters. The molecule has 146 valence electrons. The van der Waals surface area contributed by atoms with Crippen LogP contribution >= 0.6 is 0 Å². The summed E-state index contributed by atoms with van der Waals surface area (Å²) in [7, 11) is 0. The molecule has 1 aromatic heterocycles. The van der Waals surface area contributed by atoms with Crippen LogP contribution in [0.5, 0.6) is 0 Å². The van der Waals surface area contributed by atoms with Crippen molar-refractivity contribution in [2.24, 2.45) is 0 Å². The van der Waals surface area contributed by atoms with Gasteiger partial charge >= 0.3 is 0 Å². The molecule has 0 radical (unpaired) electrons. The Balaban J connectivity index is 1.63. The lowest BCUT2D eigenvalue weighted by molar-refractivity contribution is -0.162. The first-order valence-electron chi connectivity index (χ1n) is 9.72.